The molecular formula is C41H24N2O3. The molecule has 7 aromatic carbocycles. The summed E-state index contributed by atoms with van der Waals surface area (Å²) in [7, 11) is 0. The number of ether oxygens (including phenoxy) is 2. The van der Waals surface area contributed by atoms with Crippen LogP contribution in [0.4, 0.5) is 34.1 Å². The second-order valence-electron chi connectivity index (χ2n) is 11.7. The summed E-state index contributed by atoms with van der Waals surface area (Å²) in [6.45, 7) is 0. The van der Waals surface area contributed by atoms with Crippen molar-refractivity contribution in [1.82, 2.24) is 0 Å². The first-order chi connectivity index (χ1) is 22.7. The van der Waals surface area contributed by atoms with Gasteiger partial charge in [0, 0.05) is 27.6 Å². The zero-order chi connectivity index (χ0) is 30.4. The Labute approximate surface area is 265 Å². The molecule has 1 aliphatic carbocycles. The van der Waals surface area contributed by atoms with E-state index in [0.29, 0.717) is 11.1 Å². The number of carbonyl (C=O) groups is 1. The van der Waals surface area contributed by atoms with Gasteiger partial charge in [-0.15, -0.1) is 0 Å². The van der Waals surface area contributed by atoms with E-state index in [1.54, 1.807) is 0 Å². The maximum Gasteiger partial charge on any atom is 0.194 e. The molecular weight excluding hydrogens is 568 g/mol. The molecule has 0 N–H and O–H groups in total. The van der Waals surface area contributed by atoms with E-state index in [0.717, 1.165) is 79.0 Å². The highest BCUT2D eigenvalue weighted by Gasteiger charge is 2.32. The van der Waals surface area contributed by atoms with Gasteiger partial charge in [0.2, 0.25) is 0 Å². The molecule has 0 amide bonds. The van der Waals surface area contributed by atoms with Crippen molar-refractivity contribution in [3.63, 3.8) is 0 Å². The normalized spacial score (nSPS) is 13.5. The maximum absolute atomic E-state index is 14.4. The van der Waals surface area contributed by atoms with Crippen molar-refractivity contribution in [2.24, 2.45) is 0 Å². The second-order valence-corrected chi connectivity index (χ2v) is 11.7. The molecule has 0 saturated carbocycles. The highest BCUT2D eigenvalue weighted by molar-refractivity contribution is 6.28. The van der Waals surface area contributed by atoms with Crippen molar-refractivity contribution in [2.45, 2.75) is 0 Å². The number of benzene rings is 7. The largest absolute Gasteiger partial charge is 0.453 e. The van der Waals surface area contributed by atoms with Gasteiger partial charge in [-0.1, -0.05) is 78.9 Å². The number of hydrogen-bond donors (Lipinski definition) is 0. The molecule has 7 aromatic rings. The number of rotatable bonds is 2. The molecule has 2 heterocycles. The maximum atomic E-state index is 14.4. The minimum absolute atomic E-state index is 0.0182. The zero-order valence-corrected chi connectivity index (χ0v) is 24.5. The highest BCUT2D eigenvalue weighted by Crippen LogP contribution is 2.54. The lowest BCUT2D eigenvalue weighted by molar-refractivity contribution is 0.104. The van der Waals surface area contributed by atoms with Gasteiger partial charge < -0.3 is 19.3 Å². The summed E-state index contributed by atoms with van der Waals surface area (Å²) in [5, 5.41) is 1.98. The van der Waals surface area contributed by atoms with Crippen molar-refractivity contribution in [1.29, 1.82) is 0 Å². The molecule has 0 aromatic heterocycles. The Morgan fingerprint density at radius 1 is 0.391 bits per heavy atom. The molecule has 0 atom stereocenters. The van der Waals surface area contributed by atoms with Gasteiger partial charge in [0.15, 0.2) is 28.8 Å². The fourth-order valence-corrected chi connectivity index (χ4v) is 7.19. The van der Waals surface area contributed by atoms with Gasteiger partial charge in [-0.2, -0.15) is 0 Å². The molecule has 5 nitrogen and oxygen atoms in total. The minimum atomic E-state index is 0.0182. The molecule has 0 spiro atoms. The summed E-state index contributed by atoms with van der Waals surface area (Å²) in [5.74, 6) is 3.16. The van der Waals surface area contributed by atoms with Gasteiger partial charge in [-0.3, -0.25) is 4.79 Å². The Hall–Kier alpha value is -6.33. The minimum Gasteiger partial charge on any atom is -0.453 e. The van der Waals surface area contributed by atoms with Gasteiger partial charge in [-0.05, 0) is 77.9 Å². The third-order valence-electron chi connectivity index (χ3n) is 9.16. The van der Waals surface area contributed by atoms with E-state index in [1.165, 1.54) is 0 Å². The zero-order valence-electron chi connectivity index (χ0n) is 24.5. The number of ketones is 1. The molecule has 0 radical (unpaired) electrons. The second kappa shape index (κ2) is 9.34. The Balaban J connectivity index is 1.16. The van der Waals surface area contributed by atoms with Crippen LogP contribution in [-0.2, 0) is 0 Å². The quantitative estimate of drug-likeness (QED) is 0.200. The Bertz CT molecular complexity index is 2340. The van der Waals surface area contributed by atoms with Crippen LogP contribution in [0.3, 0.4) is 0 Å². The average molecular weight is 593 g/mol. The molecule has 10 rings (SSSR count). The van der Waals surface area contributed by atoms with E-state index in [9.17, 15) is 4.79 Å². The van der Waals surface area contributed by atoms with E-state index in [-0.39, 0.29) is 5.78 Å². The summed E-state index contributed by atoms with van der Waals surface area (Å²) in [6.07, 6.45) is 0. The van der Waals surface area contributed by atoms with Crippen molar-refractivity contribution in [3.8, 4) is 34.1 Å². The summed E-state index contributed by atoms with van der Waals surface area (Å²) >= 11 is 0. The van der Waals surface area contributed by atoms with E-state index in [2.05, 4.69) is 52.3 Å². The first kappa shape index (κ1) is 25.0. The first-order valence-electron chi connectivity index (χ1n) is 15.3. The predicted molar refractivity (Wildman–Crippen MR) is 182 cm³/mol. The van der Waals surface area contributed by atoms with Crippen molar-refractivity contribution in [3.05, 3.63) is 157 Å². The lowest BCUT2D eigenvalue weighted by atomic mass is 9.82. The summed E-state index contributed by atoms with van der Waals surface area (Å²) in [4.78, 5) is 18.8. The molecule has 0 saturated heterocycles. The molecule has 0 unspecified atom stereocenters. The van der Waals surface area contributed by atoms with Crippen molar-refractivity contribution < 1.29 is 14.3 Å². The van der Waals surface area contributed by atoms with Crippen LogP contribution in [0.1, 0.15) is 15.9 Å². The highest BCUT2D eigenvalue weighted by atomic mass is 16.5. The Morgan fingerprint density at radius 2 is 0.913 bits per heavy atom. The third-order valence-corrected chi connectivity index (χ3v) is 9.16. The van der Waals surface area contributed by atoms with Crippen LogP contribution in [0.15, 0.2) is 146 Å². The number of carbonyl (C=O) groups excluding carboxylic acids is 1. The average Bonchev–Trinajstić information content (AvgIpc) is 3.11. The summed E-state index contributed by atoms with van der Waals surface area (Å²) in [6, 6.07) is 48.8. The number of para-hydroxylation sites is 8. The number of hydrogen-bond acceptors (Lipinski definition) is 5. The lowest BCUT2D eigenvalue weighted by Gasteiger charge is -2.34. The third kappa shape index (κ3) is 3.42. The van der Waals surface area contributed by atoms with Crippen LogP contribution >= 0.6 is 0 Å². The van der Waals surface area contributed by atoms with Gasteiger partial charge in [0.05, 0.1) is 28.4 Å². The van der Waals surface area contributed by atoms with E-state index in [1.807, 2.05) is 103 Å². The van der Waals surface area contributed by atoms with Crippen LogP contribution in [0, 0.1) is 0 Å². The molecule has 0 bridgehead atoms. The number of fused-ring (bicyclic) bond motifs is 6. The van der Waals surface area contributed by atoms with Crippen LogP contribution < -0.4 is 19.3 Å². The molecule has 216 valence electrons. The van der Waals surface area contributed by atoms with Crippen LogP contribution in [0.2, 0.25) is 0 Å². The van der Waals surface area contributed by atoms with Gasteiger partial charge in [0.1, 0.15) is 0 Å². The molecule has 2 aliphatic heterocycles. The molecule has 46 heavy (non-hydrogen) atoms. The monoisotopic (exact) mass is 592 g/mol. The summed E-state index contributed by atoms with van der Waals surface area (Å²) in [5.41, 5.74) is 9.06. The first-order valence-corrected chi connectivity index (χ1v) is 15.3. The SMILES string of the molecule is O=C1c2cc(N3c4ccccc4Oc4ccccc43)ccc2-c2ccc(N3c4ccccc4Oc4ccccc43)c3cccc1c23. The fraction of sp³-hybridized carbons (Fsp3) is 0. The fourth-order valence-electron chi connectivity index (χ4n) is 7.19. The molecule has 3 aliphatic rings. The van der Waals surface area contributed by atoms with Gasteiger partial charge in [-0.25, -0.2) is 0 Å². The van der Waals surface area contributed by atoms with E-state index >= 15 is 0 Å². The standard InChI is InChI=1S/C41H24N2O3/c44-41-29-11-9-10-28-31(43-34-14-3-7-18-38(34)46-39-19-8-4-15-35(39)43)23-22-27(40(28)29)26-21-20-25(24-30(26)41)42-32-12-1-5-16-36(32)45-37-17-6-2-13-33(37)42/h1-24H. The number of nitrogens with zero attached hydrogens (tertiary/aromatic N) is 2. The van der Waals surface area contributed by atoms with Gasteiger partial charge >= 0.3 is 0 Å². The lowest BCUT2D eigenvalue weighted by Crippen LogP contribution is -2.18. The Kier molecular flexibility index (Phi) is 5.08. The van der Waals surface area contributed by atoms with Crippen LogP contribution in [0.5, 0.6) is 23.0 Å². The van der Waals surface area contributed by atoms with E-state index in [4.69, 9.17) is 9.47 Å². The van der Waals surface area contributed by atoms with Crippen molar-refractivity contribution in [2.75, 3.05) is 9.80 Å². The molecule has 0 fully saturated rings. The van der Waals surface area contributed by atoms with Crippen molar-refractivity contribution >= 4 is 50.7 Å². The summed E-state index contributed by atoms with van der Waals surface area (Å²) < 4.78 is 12.5. The van der Waals surface area contributed by atoms with E-state index < -0.39 is 0 Å². The Morgan fingerprint density at radius 3 is 1.50 bits per heavy atom. The van der Waals surface area contributed by atoms with Crippen LogP contribution in [-0.4, -0.2) is 5.78 Å². The van der Waals surface area contributed by atoms with Crippen LogP contribution in [0.25, 0.3) is 21.9 Å². The molecule has 5 heteroatoms. The number of anilines is 6. The topological polar surface area (TPSA) is 42.0 Å². The van der Waals surface area contributed by atoms with Gasteiger partial charge in [0.25, 0.3) is 0 Å². The smallest absolute Gasteiger partial charge is 0.194 e. The predicted octanol–water partition coefficient (Wildman–Crippen LogP) is 11.2.